The topological polar surface area (TPSA) is 74.8 Å². The summed E-state index contributed by atoms with van der Waals surface area (Å²) in [6.45, 7) is 0. The van der Waals surface area contributed by atoms with Crippen LogP contribution in [0.5, 0.6) is 0 Å². The Hall–Kier alpha value is -5.30. The summed E-state index contributed by atoms with van der Waals surface area (Å²) in [4.78, 5) is 56.3. The van der Waals surface area contributed by atoms with Gasteiger partial charge < -0.3 is 0 Å². The minimum atomic E-state index is -0.450. The summed E-state index contributed by atoms with van der Waals surface area (Å²) >= 11 is 13.4. The molecule has 210 valence electrons. The maximum atomic E-state index is 13.5. The molecule has 0 radical (unpaired) electrons. The van der Waals surface area contributed by atoms with Gasteiger partial charge in [-0.15, -0.1) is 0 Å². The van der Waals surface area contributed by atoms with Crippen molar-refractivity contribution in [3.8, 4) is 11.1 Å². The fourth-order valence-electron chi connectivity index (χ4n) is 6.23. The minimum Gasteiger partial charge on any atom is -0.268 e. The highest BCUT2D eigenvalue weighted by Crippen LogP contribution is 2.40. The third-order valence-electron chi connectivity index (χ3n) is 8.25. The molecule has 0 aromatic heterocycles. The molecule has 6 aromatic rings. The minimum absolute atomic E-state index is 0.196. The van der Waals surface area contributed by atoms with Crippen LogP contribution in [0.25, 0.3) is 32.7 Å². The molecule has 0 saturated heterocycles. The van der Waals surface area contributed by atoms with E-state index < -0.39 is 23.6 Å². The molecule has 0 saturated carbocycles. The predicted octanol–water partition coefficient (Wildman–Crippen LogP) is 8.57. The molecular weight excluding hydrogens is 595 g/mol. The van der Waals surface area contributed by atoms with Crippen molar-refractivity contribution in [3.63, 3.8) is 0 Å². The number of hydrogen-bond acceptors (Lipinski definition) is 4. The zero-order chi connectivity index (χ0) is 30.3. The predicted molar refractivity (Wildman–Crippen MR) is 172 cm³/mol. The molecule has 2 heterocycles. The van der Waals surface area contributed by atoms with E-state index in [-0.39, 0.29) is 21.4 Å². The lowest BCUT2D eigenvalue weighted by Crippen LogP contribution is -2.40. The highest BCUT2D eigenvalue weighted by Gasteiger charge is 2.36. The number of halogens is 2. The summed E-state index contributed by atoms with van der Waals surface area (Å²) in [6, 6.07) is 31.5. The molecule has 8 heteroatoms. The summed E-state index contributed by atoms with van der Waals surface area (Å²) < 4.78 is 0. The normalized spacial score (nSPS) is 14.2. The molecule has 2 aliphatic heterocycles. The molecule has 6 aromatic carbocycles. The number of imide groups is 2. The van der Waals surface area contributed by atoms with E-state index in [1.165, 1.54) is 0 Å². The van der Waals surface area contributed by atoms with Crippen molar-refractivity contribution < 1.29 is 19.2 Å². The van der Waals surface area contributed by atoms with E-state index in [1.54, 1.807) is 84.9 Å². The van der Waals surface area contributed by atoms with Crippen molar-refractivity contribution >= 4 is 79.8 Å². The Morgan fingerprint density at radius 3 is 1.02 bits per heavy atom. The van der Waals surface area contributed by atoms with E-state index in [0.29, 0.717) is 44.2 Å². The van der Waals surface area contributed by atoms with Gasteiger partial charge in [-0.2, -0.15) is 0 Å². The fraction of sp³-hybridized carbons (Fsp3) is 0. The van der Waals surface area contributed by atoms with Gasteiger partial charge in [0.05, 0.1) is 21.4 Å². The van der Waals surface area contributed by atoms with Gasteiger partial charge in [-0.1, -0.05) is 83.9 Å². The SMILES string of the molecule is O=C1c2cccc3cccc(c23)C(=O)N1c1ccc(-c2ccc(N3C(=O)c4cccc5cccc(c45)C3=O)c(Cl)c2)cc1Cl. The molecule has 0 N–H and O–H groups in total. The van der Waals surface area contributed by atoms with Gasteiger partial charge in [0.15, 0.2) is 0 Å². The highest BCUT2D eigenvalue weighted by molar-refractivity contribution is 6.41. The first-order valence-electron chi connectivity index (χ1n) is 13.7. The standard InChI is InChI=1S/C36H18Cl2N2O4/c37-27-17-21(13-15-29(27)39-33(41)23-9-1-5-19-6-2-10-24(31(19)23)34(39)42)22-14-16-30(28(38)18-22)40-35(43)25-11-3-7-20-8-4-12-26(32(20)25)36(40)44/h1-18H. The molecule has 0 fully saturated rings. The van der Waals surface area contributed by atoms with Crippen LogP contribution in [0.1, 0.15) is 41.4 Å². The Bertz CT molecular complexity index is 2050. The Balaban J connectivity index is 1.14. The molecular formula is C36H18Cl2N2O4. The van der Waals surface area contributed by atoms with Crippen LogP contribution in [0, 0.1) is 0 Å². The first kappa shape index (κ1) is 26.3. The van der Waals surface area contributed by atoms with Gasteiger partial charge in [-0.25, -0.2) is 9.80 Å². The van der Waals surface area contributed by atoms with E-state index in [0.717, 1.165) is 20.6 Å². The van der Waals surface area contributed by atoms with Crippen LogP contribution in [-0.4, -0.2) is 23.6 Å². The van der Waals surface area contributed by atoms with Gasteiger partial charge in [0.25, 0.3) is 23.6 Å². The second-order valence-corrected chi connectivity index (χ2v) is 11.5. The van der Waals surface area contributed by atoms with Crippen molar-refractivity contribution in [2.75, 3.05) is 9.80 Å². The van der Waals surface area contributed by atoms with Gasteiger partial charge in [0, 0.05) is 33.0 Å². The molecule has 4 amide bonds. The first-order chi connectivity index (χ1) is 21.3. The zero-order valence-electron chi connectivity index (χ0n) is 22.7. The molecule has 8 rings (SSSR count). The molecule has 2 aliphatic rings. The Kier molecular flexibility index (Phi) is 5.75. The van der Waals surface area contributed by atoms with Gasteiger partial charge in [-0.3, -0.25) is 19.2 Å². The van der Waals surface area contributed by atoms with Crippen molar-refractivity contribution in [2.45, 2.75) is 0 Å². The Morgan fingerprint density at radius 2 is 0.727 bits per heavy atom. The summed E-state index contributed by atoms with van der Waals surface area (Å²) in [6.07, 6.45) is 0. The first-order valence-corrected chi connectivity index (χ1v) is 14.5. The summed E-state index contributed by atoms with van der Waals surface area (Å²) in [5.74, 6) is -1.80. The lowest BCUT2D eigenvalue weighted by Gasteiger charge is -2.28. The van der Waals surface area contributed by atoms with E-state index in [2.05, 4.69) is 0 Å². The number of anilines is 2. The number of carbonyl (C=O) groups is 4. The van der Waals surface area contributed by atoms with Gasteiger partial charge in [0.1, 0.15) is 0 Å². The largest absolute Gasteiger partial charge is 0.268 e. The van der Waals surface area contributed by atoms with Crippen LogP contribution < -0.4 is 9.80 Å². The summed E-state index contributed by atoms with van der Waals surface area (Å²) in [5, 5.41) is 3.29. The smallest absolute Gasteiger partial charge is 0.266 e. The van der Waals surface area contributed by atoms with Crippen LogP contribution >= 0.6 is 23.2 Å². The van der Waals surface area contributed by atoms with Crippen molar-refractivity contribution in [1.82, 2.24) is 0 Å². The van der Waals surface area contributed by atoms with Crippen molar-refractivity contribution in [3.05, 3.63) is 141 Å². The van der Waals surface area contributed by atoms with Crippen LogP contribution in [0.15, 0.2) is 109 Å². The van der Waals surface area contributed by atoms with Crippen LogP contribution in [-0.2, 0) is 0 Å². The summed E-state index contributed by atoms with van der Waals surface area (Å²) in [5.41, 5.74) is 3.58. The Labute approximate surface area is 260 Å². The maximum absolute atomic E-state index is 13.5. The third-order valence-corrected chi connectivity index (χ3v) is 8.86. The quantitative estimate of drug-likeness (QED) is 0.188. The van der Waals surface area contributed by atoms with E-state index in [1.807, 2.05) is 24.3 Å². The lowest BCUT2D eigenvalue weighted by molar-refractivity contribution is 0.0877. The number of hydrogen-bond donors (Lipinski definition) is 0. The Morgan fingerprint density at radius 1 is 0.409 bits per heavy atom. The van der Waals surface area contributed by atoms with Crippen molar-refractivity contribution in [2.24, 2.45) is 0 Å². The molecule has 6 nitrogen and oxygen atoms in total. The molecule has 0 aliphatic carbocycles. The summed E-state index contributed by atoms with van der Waals surface area (Å²) in [7, 11) is 0. The second-order valence-electron chi connectivity index (χ2n) is 10.6. The van der Waals surface area contributed by atoms with Crippen molar-refractivity contribution in [1.29, 1.82) is 0 Å². The molecule has 0 atom stereocenters. The van der Waals surface area contributed by atoms with E-state index >= 15 is 0 Å². The van der Waals surface area contributed by atoms with Gasteiger partial charge in [-0.05, 0) is 70.4 Å². The van der Waals surface area contributed by atoms with Crippen LogP contribution in [0.3, 0.4) is 0 Å². The third kappa shape index (κ3) is 3.68. The van der Waals surface area contributed by atoms with Gasteiger partial charge in [0.2, 0.25) is 0 Å². The number of rotatable bonds is 3. The van der Waals surface area contributed by atoms with Crippen LogP contribution in [0.4, 0.5) is 11.4 Å². The van der Waals surface area contributed by atoms with Gasteiger partial charge >= 0.3 is 0 Å². The highest BCUT2D eigenvalue weighted by atomic mass is 35.5. The van der Waals surface area contributed by atoms with E-state index in [4.69, 9.17) is 23.2 Å². The van der Waals surface area contributed by atoms with E-state index in [9.17, 15) is 19.2 Å². The number of nitrogens with zero attached hydrogens (tertiary/aromatic N) is 2. The molecule has 44 heavy (non-hydrogen) atoms. The zero-order valence-corrected chi connectivity index (χ0v) is 24.2. The lowest BCUT2D eigenvalue weighted by atomic mass is 9.93. The molecule has 0 unspecified atom stereocenters. The van der Waals surface area contributed by atoms with Crippen LogP contribution in [0.2, 0.25) is 10.0 Å². The molecule has 0 bridgehead atoms. The average Bonchev–Trinajstić information content (AvgIpc) is 3.03. The number of amides is 4. The monoisotopic (exact) mass is 612 g/mol. The number of carbonyl (C=O) groups excluding carboxylic acids is 4. The molecule has 0 spiro atoms. The maximum Gasteiger partial charge on any atom is 0.266 e. The number of benzene rings is 6. The average molecular weight is 613 g/mol. The fourth-order valence-corrected chi connectivity index (χ4v) is 6.76. The second kappa shape index (κ2) is 9.61.